The number of carboxylic acid groups (broad SMARTS) is 1. The molecule has 0 saturated heterocycles. The van der Waals surface area contributed by atoms with E-state index in [9.17, 15) is 4.79 Å². The molecule has 0 bridgehead atoms. The first-order valence-electron chi connectivity index (χ1n) is 7.11. The quantitative estimate of drug-likeness (QED) is 0.940. The second-order valence-corrected chi connectivity index (χ2v) is 5.66. The van der Waals surface area contributed by atoms with Gasteiger partial charge in [0.15, 0.2) is 0 Å². The molecule has 4 heteroatoms. The van der Waals surface area contributed by atoms with Crippen LogP contribution in [0.25, 0.3) is 0 Å². The largest absolute Gasteiger partial charge is 0.478 e. The molecule has 0 fully saturated rings. The molecule has 1 unspecified atom stereocenters. The molecule has 1 N–H and O–H groups in total. The van der Waals surface area contributed by atoms with Gasteiger partial charge in [0.1, 0.15) is 0 Å². The Labute approximate surface area is 124 Å². The minimum absolute atomic E-state index is 0.248. The number of hydrogen-bond donors (Lipinski definition) is 1. The number of nitrogens with zero attached hydrogens (tertiary/aromatic N) is 2. The molecule has 0 saturated carbocycles. The van der Waals surface area contributed by atoms with Gasteiger partial charge in [-0.1, -0.05) is 31.2 Å². The third kappa shape index (κ3) is 2.95. The van der Waals surface area contributed by atoms with Gasteiger partial charge in [0.05, 0.1) is 5.56 Å². The summed E-state index contributed by atoms with van der Waals surface area (Å²) >= 11 is 0. The Hall–Kier alpha value is -2.20. The lowest BCUT2D eigenvalue weighted by molar-refractivity contribution is 0.0696. The highest BCUT2D eigenvalue weighted by molar-refractivity contribution is 5.87. The van der Waals surface area contributed by atoms with Crippen LogP contribution in [0.3, 0.4) is 0 Å². The Morgan fingerprint density at radius 1 is 1.38 bits per heavy atom. The van der Waals surface area contributed by atoms with E-state index in [4.69, 9.17) is 5.11 Å². The van der Waals surface area contributed by atoms with Gasteiger partial charge in [-0.15, -0.1) is 0 Å². The second kappa shape index (κ2) is 5.66. The first-order valence-corrected chi connectivity index (χ1v) is 7.11. The number of aromatic carboxylic acids is 1. The van der Waals surface area contributed by atoms with E-state index >= 15 is 0 Å². The average molecular weight is 282 g/mol. The zero-order valence-electron chi connectivity index (χ0n) is 12.0. The molecular formula is C17H18N2O2. The van der Waals surface area contributed by atoms with Crippen molar-refractivity contribution in [1.29, 1.82) is 0 Å². The molecule has 0 spiro atoms. The summed E-state index contributed by atoms with van der Waals surface area (Å²) in [6, 6.07) is 10.2. The number of benzene rings is 1. The fraction of sp³-hybridized carbons (Fsp3) is 0.294. The minimum Gasteiger partial charge on any atom is -0.478 e. The van der Waals surface area contributed by atoms with E-state index in [1.165, 1.54) is 17.3 Å². The molecular weight excluding hydrogens is 264 g/mol. The Morgan fingerprint density at radius 3 is 3.00 bits per heavy atom. The Kier molecular flexibility index (Phi) is 3.71. The molecule has 1 aromatic heterocycles. The first-order chi connectivity index (χ1) is 10.1. The molecule has 0 radical (unpaired) electrons. The maximum absolute atomic E-state index is 11.0. The van der Waals surface area contributed by atoms with Crippen molar-refractivity contribution in [3.05, 3.63) is 65.0 Å². The summed E-state index contributed by atoms with van der Waals surface area (Å²) in [5.41, 5.74) is 3.98. The molecule has 2 heterocycles. The van der Waals surface area contributed by atoms with Crippen LogP contribution < -0.4 is 0 Å². The van der Waals surface area contributed by atoms with Crippen molar-refractivity contribution in [2.24, 2.45) is 0 Å². The highest BCUT2D eigenvalue weighted by Gasteiger charge is 2.21. The van der Waals surface area contributed by atoms with Gasteiger partial charge in [0.2, 0.25) is 0 Å². The highest BCUT2D eigenvalue weighted by atomic mass is 16.4. The van der Waals surface area contributed by atoms with Crippen LogP contribution in [0.1, 0.15) is 39.9 Å². The van der Waals surface area contributed by atoms with Crippen molar-refractivity contribution < 1.29 is 9.90 Å². The van der Waals surface area contributed by atoms with Crippen molar-refractivity contribution in [2.45, 2.75) is 25.9 Å². The first kappa shape index (κ1) is 13.8. The Morgan fingerprint density at radius 2 is 2.19 bits per heavy atom. The van der Waals surface area contributed by atoms with Gasteiger partial charge in [0.25, 0.3) is 0 Å². The summed E-state index contributed by atoms with van der Waals surface area (Å²) in [4.78, 5) is 17.4. The van der Waals surface area contributed by atoms with Gasteiger partial charge in [-0.25, -0.2) is 4.79 Å². The van der Waals surface area contributed by atoms with Gasteiger partial charge >= 0.3 is 5.97 Å². The van der Waals surface area contributed by atoms with E-state index in [1.807, 2.05) is 0 Å². The lowest BCUT2D eigenvalue weighted by Crippen LogP contribution is -2.32. The molecule has 0 amide bonds. The van der Waals surface area contributed by atoms with Crippen molar-refractivity contribution in [1.82, 2.24) is 9.88 Å². The highest BCUT2D eigenvalue weighted by Crippen LogP contribution is 2.28. The third-order valence-corrected chi connectivity index (χ3v) is 3.96. The number of hydrogen-bond acceptors (Lipinski definition) is 3. The minimum atomic E-state index is -0.929. The van der Waals surface area contributed by atoms with Crippen LogP contribution in [0.15, 0.2) is 42.7 Å². The predicted octanol–water partition coefficient (Wildman–Crippen LogP) is 2.90. The van der Waals surface area contributed by atoms with Crippen LogP contribution >= 0.6 is 0 Å². The number of pyridine rings is 1. The number of rotatable bonds is 3. The monoisotopic (exact) mass is 282 g/mol. The molecule has 4 nitrogen and oxygen atoms in total. The average Bonchev–Trinajstić information content (AvgIpc) is 2.47. The molecule has 108 valence electrons. The maximum Gasteiger partial charge on any atom is 0.337 e. The van der Waals surface area contributed by atoms with Gasteiger partial charge in [-0.2, -0.15) is 0 Å². The summed E-state index contributed by atoms with van der Waals surface area (Å²) in [7, 11) is 0. The zero-order chi connectivity index (χ0) is 14.8. The summed E-state index contributed by atoms with van der Waals surface area (Å²) in [5.74, 6) is -0.438. The number of aromatic nitrogens is 1. The number of carbonyl (C=O) groups is 1. The summed E-state index contributed by atoms with van der Waals surface area (Å²) in [6.07, 6.45) is 3.14. The normalized spacial score (nSPS) is 18.2. The van der Waals surface area contributed by atoms with E-state index in [0.717, 1.165) is 25.2 Å². The van der Waals surface area contributed by atoms with Crippen molar-refractivity contribution in [2.75, 3.05) is 6.54 Å². The van der Waals surface area contributed by atoms with Crippen LogP contribution in [0.4, 0.5) is 0 Å². The lowest BCUT2D eigenvalue weighted by atomic mass is 9.91. The van der Waals surface area contributed by atoms with Crippen LogP contribution in [-0.4, -0.2) is 27.5 Å². The van der Waals surface area contributed by atoms with Crippen molar-refractivity contribution in [3.8, 4) is 0 Å². The Balaban J connectivity index is 1.78. The summed E-state index contributed by atoms with van der Waals surface area (Å²) in [5, 5.41) is 9.03. The van der Waals surface area contributed by atoms with Gasteiger partial charge in [-0.05, 0) is 28.7 Å². The molecule has 1 aliphatic rings. The molecule has 3 rings (SSSR count). The van der Waals surface area contributed by atoms with Crippen LogP contribution in [-0.2, 0) is 13.1 Å². The van der Waals surface area contributed by atoms with Crippen molar-refractivity contribution in [3.63, 3.8) is 0 Å². The predicted molar refractivity (Wildman–Crippen MR) is 80.2 cm³/mol. The topological polar surface area (TPSA) is 53.4 Å². The van der Waals surface area contributed by atoms with E-state index in [0.29, 0.717) is 5.92 Å². The summed E-state index contributed by atoms with van der Waals surface area (Å²) < 4.78 is 0. The molecule has 21 heavy (non-hydrogen) atoms. The van der Waals surface area contributed by atoms with Gasteiger partial charge < -0.3 is 5.11 Å². The van der Waals surface area contributed by atoms with Gasteiger partial charge in [-0.3, -0.25) is 9.88 Å². The Bertz CT molecular complexity index is 669. The fourth-order valence-electron chi connectivity index (χ4n) is 3.02. The van der Waals surface area contributed by atoms with E-state index in [2.05, 4.69) is 41.1 Å². The van der Waals surface area contributed by atoms with E-state index in [-0.39, 0.29) is 5.56 Å². The standard InChI is InChI=1S/C17H18N2O2/c1-12-9-19(11-14-4-2-3-5-16(12)14)10-13-6-15(17(20)21)8-18-7-13/h2-8,12H,9-11H2,1H3,(H,20,21). The molecule has 1 aromatic carbocycles. The van der Waals surface area contributed by atoms with Gasteiger partial charge in [0, 0.05) is 32.0 Å². The number of fused-ring (bicyclic) bond motifs is 1. The van der Waals surface area contributed by atoms with E-state index < -0.39 is 5.97 Å². The second-order valence-electron chi connectivity index (χ2n) is 5.66. The fourth-order valence-corrected chi connectivity index (χ4v) is 3.02. The smallest absolute Gasteiger partial charge is 0.337 e. The maximum atomic E-state index is 11.0. The molecule has 1 aliphatic heterocycles. The number of carboxylic acids is 1. The lowest BCUT2D eigenvalue weighted by Gasteiger charge is -2.33. The van der Waals surface area contributed by atoms with E-state index in [1.54, 1.807) is 12.3 Å². The van der Waals surface area contributed by atoms with Crippen LogP contribution in [0.5, 0.6) is 0 Å². The summed E-state index contributed by atoms with van der Waals surface area (Å²) in [6.45, 7) is 4.84. The van der Waals surface area contributed by atoms with Crippen molar-refractivity contribution >= 4 is 5.97 Å². The SMILES string of the molecule is CC1CN(Cc2cncc(C(=O)O)c2)Cc2ccccc21. The molecule has 2 aromatic rings. The zero-order valence-corrected chi connectivity index (χ0v) is 12.0. The molecule has 0 aliphatic carbocycles. The van der Waals surface area contributed by atoms with Crippen LogP contribution in [0, 0.1) is 0 Å². The third-order valence-electron chi connectivity index (χ3n) is 3.96. The van der Waals surface area contributed by atoms with Crippen LogP contribution in [0.2, 0.25) is 0 Å². The molecule has 1 atom stereocenters.